The molecule has 11 nitrogen and oxygen atoms in total. The molecule has 2 saturated heterocycles. The molecular formula is C19H26Cl2N6O5. The summed E-state index contributed by atoms with van der Waals surface area (Å²) in [7, 11) is 0. The normalized spacial score (nSPS) is 20.7. The lowest BCUT2D eigenvalue weighted by molar-refractivity contribution is -0.140. The van der Waals surface area contributed by atoms with E-state index < -0.39 is 29.9 Å². The Hall–Kier alpha value is -2.66. The van der Waals surface area contributed by atoms with Crippen molar-refractivity contribution in [3.8, 4) is 0 Å². The molecule has 4 amide bonds. The van der Waals surface area contributed by atoms with Gasteiger partial charge in [0.15, 0.2) is 5.78 Å². The predicted octanol–water partition coefficient (Wildman–Crippen LogP) is -0.775. The first-order valence-electron chi connectivity index (χ1n) is 10.1. The number of halogens is 2. The van der Waals surface area contributed by atoms with E-state index in [4.69, 9.17) is 28.9 Å². The van der Waals surface area contributed by atoms with Crippen molar-refractivity contribution in [2.24, 2.45) is 5.73 Å². The fourth-order valence-corrected chi connectivity index (χ4v) is 3.75. The molecule has 2 fully saturated rings. The van der Waals surface area contributed by atoms with Crippen molar-refractivity contribution in [2.75, 3.05) is 18.3 Å². The van der Waals surface area contributed by atoms with E-state index in [0.717, 1.165) is 0 Å². The second-order valence-electron chi connectivity index (χ2n) is 7.40. The molecule has 5 N–H and O–H groups in total. The number of rotatable bonds is 8. The molecule has 3 atom stereocenters. The number of alkyl halides is 2. The lowest BCUT2D eigenvalue weighted by atomic mass is 10.1. The Balaban J connectivity index is 0.000000534. The van der Waals surface area contributed by atoms with E-state index in [1.54, 1.807) is 6.20 Å². The molecule has 2 aliphatic heterocycles. The summed E-state index contributed by atoms with van der Waals surface area (Å²) in [5.74, 6) is -1.58. The number of aromatic nitrogens is 2. The number of imidazole rings is 1. The number of aromatic amines is 1. The molecule has 0 bridgehead atoms. The van der Waals surface area contributed by atoms with Crippen molar-refractivity contribution in [1.29, 1.82) is 0 Å². The molecular weight excluding hydrogens is 463 g/mol. The molecule has 0 aromatic carbocycles. The highest BCUT2D eigenvalue weighted by molar-refractivity contribution is 6.35. The van der Waals surface area contributed by atoms with Crippen molar-refractivity contribution in [1.82, 2.24) is 25.5 Å². The molecule has 1 aromatic rings. The van der Waals surface area contributed by atoms with E-state index in [1.165, 1.54) is 11.2 Å². The van der Waals surface area contributed by atoms with Gasteiger partial charge in [-0.05, 0) is 19.3 Å². The van der Waals surface area contributed by atoms with Crippen LogP contribution in [0.25, 0.3) is 0 Å². The van der Waals surface area contributed by atoms with Crippen LogP contribution in [0.1, 0.15) is 31.4 Å². The molecule has 2 aliphatic rings. The minimum absolute atomic E-state index is 0.0312. The second kappa shape index (κ2) is 12.4. The van der Waals surface area contributed by atoms with Gasteiger partial charge in [-0.1, -0.05) is 0 Å². The van der Waals surface area contributed by atoms with E-state index in [2.05, 4.69) is 20.6 Å². The number of carbonyl (C=O) groups excluding carboxylic acids is 5. The summed E-state index contributed by atoms with van der Waals surface area (Å²) in [4.78, 5) is 66.5. The van der Waals surface area contributed by atoms with Gasteiger partial charge in [-0.25, -0.2) is 4.98 Å². The summed E-state index contributed by atoms with van der Waals surface area (Å²) in [6.07, 6.45) is 5.13. The average molecular weight is 489 g/mol. The monoisotopic (exact) mass is 488 g/mol. The molecule has 32 heavy (non-hydrogen) atoms. The quantitative estimate of drug-likeness (QED) is 0.350. The molecule has 176 valence electrons. The smallest absolute Gasteiger partial charge is 0.246 e. The highest BCUT2D eigenvalue weighted by atomic mass is 35.5. The van der Waals surface area contributed by atoms with E-state index in [9.17, 15) is 24.0 Å². The number of Topliss-reactive ketones (excluding diaryl/α,β-unsaturated/α-hetero) is 1. The molecule has 3 heterocycles. The fraction of sp³-hybridized carbons (Fsp3) is 0.579. The number of nitrogens with zero attached hydrogens (tertiary/aromatic N) is 2. The number of nitrogens with one attached hydrogen (secondary N) is 3. The van der Waals surface area contributed by atoms with Crippen LogP contribution in [0.5, 0.6) is 0 Å². The number of hydrogen-bond donors (Lipinski definition) is 4. The third-order valence-corrected chi connectivity index (χ3v) is 5.66. The van der Waals surface area contributed by atoms with Gasteiger partial charge in [0, 0.05) is 31.3 Å². The third kappa shape index (κ3) is 7.20. The molecule has 0 saturated carbocycles. The Morgan fingerprint density at radius 1 is 1.25 bits per heavy atom. The van der Waals surface area contributed by atoms with Gasteiger partial charge in [0.2, 0.25) is 23.6 Å². The third-order valence-electron chi connectivity index (χ3n) is 5.07. The van der Waals surface area contributed by atoms with Crippen molar-refractivity contribution in [3.05, 3.63) is 18.2 Å². The summed E-state index contributed by atoms with van der Waals surface area (Å²) in [5, 5.41) is 5.29. The Labute approximate surface area is 194 Å². The minimum Gasteiger partial charge on any atom is -0.368 e. The van der Waals surface area contributed by atoms with E-state index >= 15 is 0 Å². The predicted molar refractivity (Wildman–Crippen MR) is 116 cm³/mol. The maximum absolute atomic E-state index is 13.0. The first-order chi connectivity index (χ1) is 15.3. The van der Waals surface area contributed by atoms with Gasteiger partial charge in [-0.3, -0.25) is 24.0 Å². The number of hydrogen-bond acceptors (Lipinski definition) is 6. The maximum Gasteiger partial charge on any atom is 0.246 e. The summed E-state index contributed by atoms with van der Waals surface area (Å²) < 4.78 is 0. The molecule has 3 rings (SSSR count). The zero-order chi connectivity index (χ0) is 23.7. The van der Waals surface area contributed by atoms with Crippen molar-refractivity contribution in [2.45, 2.75) is 50.2 Å². The van der Waals surface area contributed by atoms with Gasteiger partial charge in [0.25, 0.3) is 0 Å². The summed E-state index contributed by atoms with van der Waals surface area (Å²) >= 11 is 10.0. The van der Waals surface area contributed by atoms with Gasteiger partial charge in [-0.15, -0.1) is 23.2 Å². The lowest BCUT2D eigenvalue weighted by Crippen LogP contribution is -2.56. The van der Waals surface area contributed by atoms with Crippen LogP contribution in [0.2, 0.25) is 0 Å². The van der Waals surface area contributed by atoms with Crippen LogP contribution in [0.3, 0.4) is 0 Å². The van der Waals surface area contributed by atoms with Crippen molar-refractivity contribution < 1.29 is 24.0 Å². The number of ketones is 1. The van der Waals surface area contributed by atoms with Crippen LogP contribution in [0, 0.1) is 0 Å². The number of nitrogens with two attached hydrogens (primary N) is 1. The highest BCUT2D eigenvalue weighted by Gasteiger charge is 2.38. The summed E-state index contributed by atoms with van der Waals surface area (Å²) in [5.41, 5.74) is 6.07. The van der Waals surface area contributed by atoms with Crippen LogP contribution in [0.4, 0.5) is 0 Å². The average Bonchev–Trinajstić information content (AvgIpc) is 3.54. The Morgan fingerprint density at radius 2 is 1.97 bits per heavy atom. The van der Waals surface area contributed by atoms with Crippen LogP contribution in [0.15, 0.2) is 12.5 Å². The Kier molecular flexibility index (Phi) is 9.92. The SMILES string of the molecule is NC(=O)[C@@H]1CCCN1C(=O)[C@H](Cc1cnc[nH]1)NC(=O)[C@@H]1CCC(=O)N1.O=C(CCl)CCl. The maximum atomic E-state index is 13.0. The minimum atomic E-state index is -0.875. The molecule has 0 unspecified atom stereocenters. The van der Waals surface area contributed by atoms with E-state index in [1.807, 2.05) is 0 Å². The van der Waals surface area contributed by atoms with Gasteiger partial charge < -0.3 is 26.3 Å². The number of H-pyrrole nitrogens is 1. The topological polar surface area (TPSA) is 167 Å². The van der Waals surface area contributed by atoms with Crippen molar-refractivity contribution in [3.63, 3.8) is 0 Å². The largest absolute Gasteiger partial charge is 0.368 e. The van der Waals surface area contributed by atoms with Crippen LogP contribution < -0.4 is 16.4 Å². The summed E-state index contributed by atoms with van der Waals surface area (Å²) in [6.45, 7) is 0.419. The van der Waals surface area contributed by atoms with E-state index in [-0.39, 0.29) is 42.2 Å². The number of amides is 4. The zero-order valence-corrected chi connectivity index (χ0v) is 18.8. The zero-order valence-electron chi connectivity index (χ0n) is 17.3. The molecule has 13 heteroatoms. The van der Waals surface area contributed by atoms with E-state index in [0.29, 0.717) is 31.5 Å². The number of carbonyl (C=O) groups is 5. The molecule has 0 aliphatic carbocycles. The van der Waals surface area contributed by atoms with Gasteiger partial charge in [0.05, 0.1) is 18.1 Å². The van der Waals surface area contributed by atoms with Gasteiger partial charge >= 0.3 is 0 Å². The second-order valence-corrected chi connectivity index (χ2v) is 7.93. The highest BCUT2D eigenvalue weighted by Crippen LogP contribution is 2.19. The van der Waals surface area contributed by atoms with Crippen LogP contribution in [-0.2, 0) is 30.4 Å². The van der Waals surface area contributed by atoms with Crippen molar-refractivity contribution >= 4 is 52.6 Å². The molecule has 1 aromatic heterocycles. The Morgan fingerprint density at radius 3 is 2.47 bits per heavy atom. The van der Waals surface area contributed by atoms with Crippen LogP contribution >= 0.6 is 23.2 Å². The molecule has 0 spiro atoms. The van der Waals surface area contributed by atoms with Gasteiger partial charge in [-0.2, -0.15) is 0 Å². The fourth-order valence-electron chi connectivity index (χ4n) is 3.46. The van der Waals surface area contributed by atoms with Gasteiger partial charge in [0.1, 0.15) is 18.1 Å². The standard InChI is InChI=1S/C16H22N6O4.C3H4Cl2O/c17-14(24)12-2-1-5-22(12)16(26)11(6-9-7-18-8-19-9)21-15(25)10-3-4-13(23)20-10;4-1-3(6)2-5/h7-8,10-12H,1-6H2,(H2,17,24)(H,18,19)(H,20,23)(H,21,25);1-2H2/t10-,11-,12-;/m0./s1. The Bertz CT molecular complexity index is 828. The summed E-state index contributed by atoms with van der Waals surface area (Å²) in [6, 6.07) is -2.18. The first kappa shape index (κ1) is 25.6. The lowest BCUT2D eigenvalue weighted by Gasteiger charge is -2.28. The first-order valence-corrected chi connectivity index (χ1v) is 11.1. The number of primary amides is 1. The molecule has 0 radical (unpaired) electrons. The van der Waals surface area contributed by atoms with Crippen LogP contribution in [-0.4, -0.2) is 80.7 Å². The number of likely N-dealkylation sites (tertiary alicyclic amines) is 1.